The van der Waals surface area contributed by atoms with E-state index in [0.717, 1.165) is 31.2 Å². The zero-order chi connectivity index (χ0) is 13.2. The summed E-state index contributed by atoms with van der Waals surface area (Å²) in [6, 6.07) is 8.26. The van der Waals surface area contributed by atoms with Gasteiger partial charge >= 0.3 is 0 Å². The predicted octanol–water partition coefficient (Wildman–Crippen LogP) is 2.38. The molecule has 1 aromatic carbocycles. The van der Waals surface area contributed by atoms with Crippen LogP contribution in [0.15, 0.2) is 24.3 Å². The standard InChI is InChI=1S/C15H24N2O/c1-2-3-4-5-15(18)17-12-14-8-6-13(7-9-14)10-11-16/h6-9H,2-5,10-12,16H2,1H3,(H,17,18). The number of hydrogen-bond donors (Lipinski definition) is 2. The van der Waals surface area contributed by atoms with Crippen molar-refractivity contribution in [3.8, 4) is 0 Å². The van der Waals surface area contributed by atoms with Crippen molar-refractivity contribution in [1.82, 2.24) is 5.32 Å². The van der Waals surface area contributed by atoms with Crippen LogP contribution in [-0.2, 0) is 17.8 Å². The normalized spacial score (nSPS) is 10.3. The second-order valence-corrected chi connectivity index (χ2v) is 4.59. The maximum absolute atomic E-state index is 11.5. The van der Waals surface area contributed by atoms with Gasteiger partial charge in [-0.1, -0.05) is 44.0 Å². The van der Waals surface area contributed by atoms with Gasteiger partial charge in [0.05, 0.1) is 0 Å². The number of hydrogen-bond acceptors (Lipinski definition) is 2. The highest BCUT2D eigenvalue weighted by Gasteiger charge is 2.00. The minimum Gasteiger partial charge on any atom is -0.352 e. The van der Waals surface area contributed by atoms with Crippen LogP contribution >= 0.6 is 0 Å². The minimum absolute atomic E-state index is 0.148. The molecule has 1 amide bonds. The van der Waals surface area contributed by atoms with E-state index in [4.69, 9.17) is 5.73 Å². The summed E-state index contributed by atoms with van der Waals surface area (Å²) >= 11 is 0. The number of carbonyl (C=O) groups excluding carboxylic acids is 1. The van der Waals surface area contributed by atoms with Gasteiger partial charge in [-0.25, -0.2) is 0 Å². The summed E-state index contributed by atoms with van der Waals surface area (Å²) in [6.45, 7) is 3.43. The predicted molar refractivity (Wildman–Crippen MR) is 75.2 cm³/mol. The number of rotatable bonds is 8. The fraction of sp³-hybridized carbons (Fsp3) is 0.533. The molecule has 0 spiro atoms. The average molecular weight is 248 g/mol. The van der Waals surface area contributed by atoms with Gasteiger partial charge in [0, 0.05) is 13.0 Å². The molecule has 18 heavy (non-hydrogen) atoms. The van der Waals surface area contributed by atoms with Crippen LogP contribution < -0.4 is 11.1 Å². The van der Waals surface area contributed by atoms with Gasteiger partial charge in [-0.3, -0.25) is 4.79 Å². The summed E-state index contributed by atoms with van der Waals surface area (Å²) in [4.78, 5) is 11.5. The van der Waals surface area contributed by atoms with Crippen LogP contribution in [0, 0.1) is 0 Å². The maximum atomic E-state index is 11.5. The van der Waals surface area contributed by atoms with E-state index in [1.165, 1.54) is 5.56 Å². The van der Waals surface area contributed by atoms with E-state index in [1.807, 2.05) is 0 Å². The van der Waals surface area contributed by atoms with E-state index < -0.39 is 0 Å². The lowest BCUT2D eigenvalue weighted by Gasteiger charge is -2.06. The van der Waals surface area contributed by atoms with Gasteiger partial charge in [-0.05, 0) is 30.5 Å². The smallest absolute Gasteiger partial charge is 0.220 e. The molecule has 0 aliphatic rings. The van der Waals surface area contributed by atoms with Crippen LogP contribution in [0.5, 0.6) is 0 Å². The first-order valence-corrected chi connectivity index (χ1v) is 6.81. The fourth-order valence-corrected chi connectivity index (χ4v) is 1.82. The molecule has 0 saturated carbocycles. The van der Waals surface area contributed by atoms with Crippen LogP contribution in [0.25, 0.3) is 0 Å². The van der Waals surface area contributed by atoms with Crippen molar-refractivity contribution in [2.45, 2.75) is 45.6 Å². The highest BCUT2D eigenvalue weighted by atomic mass is 16.1. The van der Waals surface area contributed by atoms with Crippen molar-refractivity contribution in [3.63, 3.8) is 0 Å². The van der Waals surface area contributed by atoms with Crippen LogP contribution in [0.4, 0.5) is 0 Å². The van der Waals surface area contributed by atoms with Crippen LogP contribution in [0.3, 0.4) is 0 Å². The monoisotopic (exact) mass is 248 g/mol. The van der Waals surface area contributed by atoms with Crippen molar-refractivity contribution in [3.05, 3.63) is 35.4 Å². The van der Waals surface area contributed by atoms with Crippen molar-refractivity contribution in [2.24, 2.45) is 5.73 Å². The van der Waals surface area contributed by atoms with Gasteiger partial charge in [0.2, 0.25) is 5.91 Å². The average Bonchev–Trinajstić information content (AvgIpc) is 2.39. The van der Waals surface area contributed by atoms with Crippen LogP contribution in [-0.4, -0.2) is 12.5 Å². The van der Waals surface area contributed by atoms with Crippen molar-refractivity contribution in [1.29, 1.82) is 0 Å². The SMILES string of the molecule is CCCCCC(=O)NCc1ccc(CCN)cc1. The molecule has 0 aliphatic carbocycles. The topological polar surface area (TPSA) is 55.1 Å². The van der Waals surface area contributed by atoms with Gasteiger partial charge in [-0.2, -0.15) is 0 Å². The summed E-state index contributed by atoms with van der Waals surface area (Å²) in [5, 5.41) is 2.95. The second kappa shape index (κ2) is 8.70. The third-order valence-electron chi connectivity index (χ3n) is 2.95. The van der Waals surface area contributed by atoms with E-state index in [1.54, 1.807) is 0 Å². The Morgan fingerprint density at radius 2 is 1.83 bits per heavy atom. The van der Waals surface area contributed by atoms with Crippen LogP contribution in [0.1, 0.15) is 43.7 Å². The summed E-state index contributed by atoms with van der Waals surface area (Å²) < 4.78 is 0. The molecule has 100 valence electrons. The Bertz CT molecular complexity index is 346. The van der Waals surface area contributed by atoms with Crippen LogP contribution in [0.2, 0.25) is 0 Å². The Balaban J connectivity index is 2.27. The maximum Gasteiger partial charge on any atom is 0.220 e. The first-order valence-electron chi connectivity index (χ1n) is 6.81. The molecule has 1 rings (SSSR count). The Labute approximate surface area is 110 Å². The lowest BCUT2D eigenvalue weighted by Crippen LogP contribution is -2.22. The zero-order valence-corrected chi connectivity index (χ0v) is 11.2. The molecule has 0 heterocycles. The first-order chi connectivity index (χ1) is 8.76. The number of benzene rings is 1. The number of unbranched alkanes of at least 4 members (excludes halogenated alkanes) is 2. The summed E-state index contributed by atoms with van der Waals surface area (Å²) in [7, 11) is 0. The van der Waals surface area contributed by atoms with Gasteiger partial charge in [0.15, 0.2) is 0 Å². The lowest BCUT2D eigenvalue weighted by atomic mass is 10.1. The lowest BCUT2D eigenvalue weighted by molar-refractivity contribution is -0.121. The number of amides is 1. The largest absolute Gasteiger partial charge is 0.352 e. The molecule has 0 aromatic heterocycles. The number of nitrogens with two attached hydrogens (primary N) is 1. The Kier molecular flexibility index (Phi) is 7.11. The highest BCUT2D eigenvalue weighted by Crippen LogP contribution is 2.05. The third-order valence-corrected chi connectivity index (χ3v) is 2.95. The molecule has 0 saturated heterocycles. The molecule has 0 unspecified atom stereocenters. The molecule has 0 aliphatic heterocycles. The second-order valence-electron chi connectivity index (χ2n) is 4.59. The Morgan fingerprint density at radius 1 is 1.17 bits per heavy atom. The van der Waals surface area contributed by atoms with Gasteiger partial charge in [0.1, 0.15) is 0 Å². The molecule has 0 fully saturated rings. The summed E-state index contributed by atoms with van der Waals surface area (Å²) in [5.74, 6) is 0.148. The van der Waals surface area contributed by atoms with Crippen molar-refractivity contribution < 1.29 is 4.79 Å². The van der Waals surface area contributed by atoms with Gasteiger partial charge in [-0.15, -0.1) is 0 Å². The quantitative estimate of drug-likeness (QED) is 0.694. The molecule has 3 heteroatoms. The van der Waals surface area contributed by atoms with Crippen molar-refractivity contribution >= 4 is 5.91 Å². The molecule has 3 nitrogen and oxygen atoms in total. The zero-order valence-electron chi connectivity index (χ0n) is 11.2. The summed E-state index contributed by atoms with van der Waals surface area (Å²) in [6.07, 6.45) is 4.80. The summed E-state index contributed by atoms with van der Waals surface area (Å²) in [5.41, 5.74) is 7.88. The molecule has 1 aromatic rings. The molecule has 3 N–H and O–H groups in total. The van der Waals surface area contributed by atoms with Crippen molar-refractivity contribution in [2.75, 3.05) is 6.54 Å². The third kappa shape index (κ3) is 5.82. The van der Waals surface area contributed by atoms with E-state index in [-0.39, 0.29) is 5.91 Å². The molecule has 0 atom stereocenters. The molecule has 0 bridgehead atoms. The van der Waals surface area contributed by atoms with E-state index in [9.17, 15) is 4.79 Å². The minimum atomic E-state index is 0.148. The number of carbonyl (C=O) groups is 1. The van der Waals surface area contributed by atoms with Gasteiger partial charge in [0.25, 0.3) is 0 Å². The van der Waals surface area contributed by atoms with Gasteiger partial charge < -0.3 is 11.1 Å². The fourth-order valence-electron chi connectivity index (χ4n) is 1.82. The first kappa shape index (κ1) is 14.7. The molecular weight excluding hydrogens is 224 g/mol. The Hall–Kier alpha value is -1.35. The van der Waals surface area contributed by atoms with E-state index >= 15 is 0 Å². The molecular formula is C15H24N2O. The van der Waals surface area contributed by atoms with E-state index in [0.29, 0.717) is 19.5 Å². The molecule has 0 radical (unpaired) electrons. The number of nitrogens with one attached hydrogen (secondary N) is 1. The highest BCUT2D eigenvalue weighted by molar-refractivity contribution is 5.75. The van der Waals surface area contributed by atoms with E-state index in [2.05, 4.69) is 36.5 Å². The Morgan fingerprint density at radius 3 is 2.44 bits per heavy atom.